The van der Waals surface area contributed by atoms with Crippen LogP contribution in [0.25, 0.3) is 0 Å². The lowest BCUT2D eigenvalue weighted by atomic mass is 9.42. The summed E-state index contributed by atoms with van der Waals surface area (Å²) < 4.78 is 0. The number of nitrogens with zero attached hydrogens (tertiary/aromatic N) is 2. The zero-order valence-electron chi connectivity index (χ0n) is 15.8. The highest BCUT2D eigenvalue weighted by Gasteiger charge is 2.31. The monoisotopic (exact) mass is 381 g/mol. The molecule has 0 spiro atoms. The summed E-state index contributed by atoms with van der Waals surface area (Å²) in [6.07, 6.45) is 6.55. The molecular formula is C21H25BClN3O. The largest absolute Gasteiger partial charge is 0.307 e. The normalized spacial score (nSPS) is 20.6. The van der Waals surface area contributed by atoms with Gasteiger partial charge in [0, 0.05) is 22.1 Å². The van der Waals surface area contributed by atoms with Crippen molar-refractivity contribution in [1.29, 1.82) is 5.26 Å². The Bertz CT molecular complexity index is 795. The van der Waals surface area contributed by atoms with Crippen LogP contribution in [0, 0.1) is 17.1 Å². The molecule has 2 aliphatic rings. The molecule has 0 aromatic heterocycles. The standard InChI is InChI=1S/C21H25BClN3O/c1-2-3-5-16-12-22(14-24)11-4-6-18-19(16)13-25-20(26-21(18)27)15-7-9-17(23)10-8-15/h7-10,16H,2-6,11-13H2,1H3,(H,25,26,27). The molecule has 27 heavy (non-hydrogen) atoms. The Balaban J connectivity index is 1.92. The van der Waals surface area contributed by atoms with Crippen molar-refractivity contribution in [2.75, 3.05) is 6.54 Å². The predicted molar refractivity (Wildman–Crippen MR) is 111 cm³/mol. The molecule has 1 N–H and O–H groups in total. The number of aliphatic imine (C=N–C) groups is 1. The molecule has 1 unspecified atom stereocenters. The molecule has 0 saturated heterocycles. The first-order valence-corrected chi connectivity index (χ1v) is 10.2. The van der Waals surface area contributed by atoms with E-state index in [1.807, 2.05) is 12.1 Å². The van der Waals surface area contributed by atoms with Crippen molar-refractivity contribution >= 4 is 30.1 Å². The number of nitriles is 1. The van der Waals surface area contributed by atoms with Gasteiger partial charge < -0.3 is 5.32 Å². The Morgan fingerprint density at radius 2 is 2.15 bits per heavy atom. The number of nitrogens with one attached hydrogen (secondary N) is 1. The minimum atomic E-state index is -0.0342. The van der Waals surface area contributed by atoms with Gasteiger partial charge in [-0.25, -0.2) is 5.26 Å². The number of amides is 1. The average molecular weight is 382 g/mol. The predicted octanol–water partition coefficient (Wildman–Crippen LogP) is 4.67. The summed E-state index contributed by atoms with van der Waals surface area (Å²) in [7, 11) is 0. The van der Waals surface area contributed by atoms with Gasteiger partial charge in [0.25, 0.3) is 12.6 Å². The van der Waals surface area contributed by atoms with Gasteiger partial charge in [-0.3, -0.25) is 9.79 Å². The van der Waals surface area contributed by atoms with Crippen molar-refractivity contribution in [2.45, 2.75) is 51.7 Å². The average Bonchev–Trinajstić information content (AvgIpc) is 2.81. The lowest BCUT2D eigenvalue weighted by Crippen LogP contribution is -2.32. The second-order valence-electron chi connectivity index (χ2n) is 7.42. The molecule has 4 nitrogen and oxygen atoms in total. The Kier molecular flexibility index (Phi) is 6.74. The summed E-state index contributed by atoms with van der Waals surface area (Å²) in [6, 6.07) is 7.37. The van der Waals surface area contributed by atoms with Gasteiger partial charge in [-0.1, -0.05) is 50.4 Å². The smallest absolute Gasteiger partial charge is 0.268 e. The summed E-state index contributed by atoms with van der Waals surface area (Å²) in [6.45, 7) is 2.78. The van der Waals surface area contributed by atoms with Crippen LogP contribution in [0.3, 0.4) is 0 Å². The summed E-state index contributed by atoms with van der Waals surface area (Å²) >= 11 is 5.98. The number of halogens is 1. The lowest BCUT2D eigenvalue weighted by Gasteiger charge is -2.25. The third kappa shape index (κ3) is 4.81. The Morgan fingerprint density at radius 1 is 1.37 bits per heavy atom. The van der Waals surface area contributed by atoms with Gasteiger partial charge in [-0.05, 0) is 48.6 Å². The maximum absolute atomic E-state index is 13.0. The fraction of sp³-hybridized carbons (Fsp3) is 0.476. The topological polar surface area (TPSA) is 65.2 Å². The maximum atomic E-state index is 13.0. The van der Waals surface area contributed by atoms with E-state index in [1.54, 1.807) is 12.1 Å². The molecule has 0 radical (unpaired) electrons. The van der Waals surface area contributed by atoms with Crippen molar-refractivity contribution in [3.8, 4) is 5.97 Å². The van der Waals surface area contributed by atoms with Crippen LogP contribution < -0.4 is 5.32 Å². The Morgan fingerprint density at radius 3 is 2.85 bits per heavy atom. The van der Waals surface area contributed by atoms with Gasteiger partial charge in [-0.2, -0.15) is 0 Å². The van der Waals surface area contributed by atoms with Crippen LogP contribution >= 0.6 is 11.6 Å². The molecule has 1 amide bonds. The number of rotatable bonds is 4. The van der Waals surface area contributed by atoms with E-state index in [4.69, 9.17) is 16.6 Å². The van der Waals surface area contributed by atoms with Crippen molar-refractivity contribution in [1.82, 2.24) is 5.32 Å². The highest BCUT2D eigenvalue weighted by molar-refractivity contribution is 6.67. The van der Waals surface area contributed by atoms with E-state index in [2.05, 4.69) is 18.2 Å². The van der Waals surface area contributed by atoms with E-state index in [0.717, 1.165) is 61.5 Å². The number of hydrogen-bond acceptors (Lipinski definition) is 3. The highest BCUT2D eigenvalue weighted by atomic mass is 35.5. The van der Waals surface area contributed by atoms with Crippen LogP contribution in [0.2, 0.25) is 17.7 Å². The number of benzene rings is 1. The van der Waals surface area contributed by atoms with Gasteiger partial charge >= 0.3 is 0 Å². The molecule has 1 aromatic rings. The van der Waals surface area contributed by atoms with E-state index in [0.29, 0.717) is 17.4 Å². The van der Waals surface area contributed by atoms with Gasteiger partial charge in [0.05, 0.1) is 6.54 Å². The van der Waals surface area contributed by atoms with E-state index >= 15 is 0 Å². The Hall–Kier alpha value is -2.06. The first-order chi connectivity index (χ1) is 13.1. The first-order valence-electron chi connectivity index (χ1n) is 9.85. The fourth-order valence-corrected chi connectivity index (χ4v) is 4.16. The second-order valence-corrected chi connectivity index (χ2v) is 7.86. The fourth-order valence-electron chi connectivity index (χ4n) is 4.04. The zero-order chi connectivity index (χ0) is 19.2. The van der Waals surface area contributed by atoms with E-state index in [1.165, 1.54) is 0 Å². The van der Waals surface area contributed by atoms with E-state index in [9.17, 15) is 10.1 Å². The van der Waals surface area contributed by atoms with Crippen molar-refractivity contribution in [2.24, 2.45) is 10.9 Å². The first kappa shape index (κ1) is 19.7. The minimum Gasteiger partial charge on any atom is -0.307 e. The van der Waals surface area contributed by atoms with Crippen LogP contribution in [0.4, 0.5) is 0 Å². The summed E-state index contributed by atoms with van der Waals surface area (Å²) in [5.41, 5.74) is 2.90. The van der Waals surface area contributed by atoms with Crippen molar-refractivity contribution in [3.05, 3.63) is 46.0 Å². The van der Waals surface area contributed by atoms with Crippen LogP contribution in [-0.2, 0) is 4.79 Å². The molecule has 3 rings (SSSR count). The number of carbonyl (C=O) groups is 1. The third-order valence-corrected chi connectivity index (χ3v) is 5.80. The van der Waals surface area contributed by atoms with Gasteiger partial charge in [0.1, 0.15) is 5.84 Å². The molecule has 2 heterocycles. The highest BCUT2D eigenvalue weighted by Crippen LogP contribution is 2.33. The molecule has 6 heteroatoms. The molecular weight excluding hydrogens is 357 g/mol. The van der Waals surface area contributed by atoms with Crippen molar-refractivity contribution in [3.63, 3.8) is 0 Å². The molecule has 1 atom stereocenters. The van der Waals surface area contributed by atoms with E-state index in [-0.39, 0.29) is 18.5 Å². The number of amidine groups is 1. The van der Waals surface area contributed by atoms with Gasteiger partial charge in [0.2, 0.25) is 0 Å². The Labute approximate surface area is 166 Å². The van der Waals surface area contributed by atoms with Crippen LogP contribution in [0.5, 0.6) is 0 Å². The third-order valence-electron chi connectivity index (χ3n) is 5.55. The van der Waals surface area contributed by atoms with Crippen LogP contribution in [-0.4, -0.2) is 25.0 Å². The lowest BCUT2D eigenvalue weighted by molar-refractivity contribution is -0.116. The van der Waals surface area contributed by atoms with Crippen LogP contribution in [0.15, 0.2) is 40.4 Å². The number of carbonyl (C=O) groups excluding carboxylic acids is 1. The second kappa shape index (κ2) is 9.24. The summed E-state index contributed by atoms with van der Waals surface area (Å²) in [4.78, 5) is 17.7. The zero-order valence-corrected chi connectivity index (χ0v) is 16.6. The number of hydrogen-bond donors (Lipinski definition) is 1. The molecule has 2 aliphatic heterocycles. The van der Waals surface area contributed by atoms with E-state index < -0.39 is 0 Å². The summed E-state index contributed by atoms with van der Waals surface area (Å²) in [5.74, 6) is 3.31. The van der Waals surface area contributed by atoms with Crippen molar-refractivity contribution < 1.29 is 4.79 Å². The summed E-state index contributed by atoms with van der Waals surface area (Å²) in [5, 5.41) is 13.2. The minimum absolute atomic E-state index is 0.0342. The molecule has 0 bridgehead atoms. The molecule has 0 aliphatic carbocycles. The van der Waals surface area contributed by atoms with Crippen LogP contribution in [0.1, 0.15) is 44.6 Å². The molecule has 1 aromatic carbocycles. The van der Waals surface area contributed by atoms with Gasteiger partial charge in [0.15, 0.2) is 0 Å². The molecule has 140 valence electrons. The molecule has 0 saturated carbocycles. The molecule has 0 fully saturated rings. The number of unbranched alkanes of at least 4 members (excludes halogenated alkanes) is 1. The van der Waals surface area contributed by atoms with Gasteiger partial charge in [-0.15, -0.1) is 0 Å². The SMILES string of the molecule is CCCCC1CB(C#N)CCCC2=C1CN=C(c1ccc(Cl)cc1)NC2=O. The maximum Gasteiger partial charge on any atom is 0.268 e. The quantitative estimate of drug-likeness (QED) is 0.770.